The molecule has 2 aromatic rings. The molecule has 184 valence electrons. The van der Waals surface area contributed by atoms with Gasteiger partial charge in [-0.1, -0.05) is 36.9 Å². The molecule has 0 radical (unpaired) electrons. The average molecular weight is 489 g/mol. The monoisotopic (exact) mass is 489 g/mol. The number of rotatable bonds is 5. The first-order valence-electron chi connectivity index (χ1n) is 11.2. The summed E-state index contributed by atoms with van der Waals surface area (Å²) in [6.45, 7) is 9.41. The topological polar surface area (TPSA) is 29.5 Å². The highest BCUT2D eigenvalue weighted by Gasteiger charge is 2.49. The maximum Gasteiger partial charge on any atom is 0.416 e. The van der Waals surface area contributed by atoms with Gasteiger partial charge >= 0.3 is 12.3 Å². The van der Waals surface area contributed by atoms with Crippen molar-refractivity contribution in [2.24, 2.45) is 0 Å². The molecule has 2 aromatic carbocycles. The van der Waals surface area contributed by atoms with Gasteiger partial charge in [0, 0.05) is 5.56 Å². The Bertz CT molecular complexity index is 1220. The number of hydrogen-bond acceptors (Lipinski definition) is 2. The molecule has 3 unspecified atom stereocenters. The smallest absolute Gasteiger partial charge is 0.416 e. The lowest BCUT2D eigenvalue weighted by atomic mass is 9.84. The Morgan fingerprint density at radius 3 is 2.51 bits per heavy atom. The Morgan fingerprint density at radius 2 is 1.86 bits per heavy atom. The second-order valence-corrected chi connectivity index (χ2v) is 8.84. The number of allylic oxidation sites excluding steroid dienone is 2. The van der Waals surface area contributed by atoms with Crippen molar-refractivity contribution in [2.45, 2.75) is 50.6 Å². The molecule has 2 aliphatic rings. The van der Waals surface area contributed by atoms with Crippen LogP contribution < -0.4 is 0 Å². The number of fused-ring (bicyclic) bond motifs is 1. The van der Waals surface area contributed by atoms with Gasteiger partial charge in [0.1, 0.15) is 17.7 Å². The number of carbonyl (C=O) groups excluding carboxylic acids is 1. The van der Waals surface area contributed by atoms with Crippen molar-refractivity contribution < 1.29 is 31.5 Å². The van der Waals surface area contributed by atoms with Gasteiger partial charge < -0.3 is 4.74 Å². The van der Waals surface area contributed by atoms with E-state index in [0.717, 1.165) is 42.0 Å². The van der Waals surface area contributed by atoms with Crippen molar-refractivity contribution >= 4 is 6.09 Å². The molecule has 0 aromatic heterocycles. The summed E-state index contributed by atoms with van der Waals surface area (Å²) in [7, 11) is 0. The summed E-state index contributed by atoms with van der Waals surface area (Å²) in [5, 5.41) is 0. The lowest BCUT2D eigenvalue weighted by Crippen LogP contribution is -2.43. The number of halogens is 5. The summed E-state index contributed by atoms with van der Waals surface area (Å²) >= 11 is 0. The van der Waals surface area contributed by atoms with E-state index in [9.17, 15) is 26.7 Å². The Labute approximate surface area is 200 Å². The SMILES string of the molecule is C=CC(=CC(=C)C)C1OC(=O)N2C(c3cc(C(F)(F)F)ccc3-c3cc(F)ccc3F)CCCC12. The van der Waals surface area contributed by atoms with Gasteiger partial charge in [-0.15, -0.1) is 0 Å². The molecule has 0 spiro atoms. The summed E-state index contributed by atoms with van der Waals surface area (Å²) in [6.07, 6.45) is -1.18. The molecule has 1 amide bonds. The maximum atomic E-state index is 14.7. The van der Waals surface area contributed by atoms with Crippen molar-refractivity contribution in [1.29, 1.82) is 0 Å². The highest BCUT2D eigenvalue weighted by atomic mass is 19.4. The van der Waals surface area contributed by atoms with E-state index in [1.807, 2.05) is 0 Å². The van der Waals surface area contributed by atoms with Crippen molar-refractivity contribution in [1.82, 2.24) is 4.90 Å². The van der Waals surface area contributed by atoms with E-state index < -0.39 is 47.7 Å². The summed E-state index contributed by atoms with van der Waals surface area (Å²) in [5.74, 6) is -1.50. The van der Waals surface area contributed by atoms with Crippen LogP contribution in [0.1, 0.15) is 43.4 Å². The van der Waals surface area contributed by atoms with Crippen LogP contribution in [0.15, 0.2) is 72.9 Å². The van der Waals surface area contributed by atoms with Crippen molar-refractivity contribution in [2.75, 3.05) is 0 Å². The molecule has 3 nitrogen and oxygen atoms in total. The van der Waals surface area contributed by atoms with E-state index in [0.29, 0.717) is 24.8 Å². The number of hydrogen-bond donors (Lipinski definition) is 0. The lowest BCUT2D eigenvalue weighted by molar-refractivity contribution is -0.137. The molecule has 0 bridgehead atoms. The van der Waals surface area contributed by atoms with E-state index in [1.54, 1.807) is 19.1 Å². The summed E-state index contributed by atoms with van der Waals surface area (Å²) in [5.41, 5.74) is 0.444. The number of alkyl halides is 3. The van der Waals surface area contributed by atoms with Gasteiger partial charge in [-0.25, -0.2) is 13.6 Å². The Kier molecular flexibility index (Phi) is 6.58. The van der Waals surface area contributed by atoms with E-state index in [-0.39, 0.29) is 16.7 Å². The van der Waals surface area contributed by atoms with Gasteiger partial charge in [0.05, 0.1) is 17.6 Å². The molecule has 35 heavy (non-hydrogen) atoms. The standard InChI is InChI=1S/C27H24F5NO2/c1-4-16(12-15(2)3)25-24-7-5-6-23(33(24)26(34)35-25)21-13-17(27(30,31)32)8-10-19(21)20-14-18(28)9-11-22(20)29/h4,8-14,23-25H,1-2,5-7H2,3H3. The van der Waals surface area contributed by atoms with Crippen molar-refractivity contribution in [3.8, 4) is 11.1 Å². The van der Waals surface area contributed by atoms with Crippen LogP contribution >= 0.6 is 0 Å². The second-order valence-electron chi connectivity index (χ2n) is 8.84. The average Bonchev–Trinajstić information content (AvgIpc) is 3.14. The van der Waals surface area contributed by atoms with Crippen LogP contribution in [0.3, 0.4) is 0 Å². The Balaban J connectivity index is 1.85. The number of piperidine rings is 1. The first-order chi connectivity index (χ1) is 16.5. The number of nitrogens with zero attached hydrogens (tertiary/aromatic N) is 1. The summed E-state index contributed by atoms with van der Waals surface area (Å²) in [4.78, 5) is 14.5. The molecule has 2 saturated heterocycles. The van der Waals surface area contributed by atoms with E-state index in [1.165, 1.54) is 4.90 Å². The van der Waals surface area contributed by atoms with Gasteiger partial charge in [0.2, 0.25) is 0 Å². The molecule has 0 aliphatic carbocycles. The fourth-order valence-corrected chi connectivity index (χ4v) is 4.94. The minimum atomic E-state index is -4.66. The van der Waals surface area contributed by atoms with Gasteiger partial charge in [0.25, 0.3) is 0 Å². The van der Waals surface area contributed by atoms with Crippen molar-refractivity contribution in [3.05, 3.63) is 95.6 Å². The highest BCUT2D eigenvalue weighted by Crippen LogP contribution is 2.46. The zero-order valence-corrected chi connectivity index (χ0v) is 19.0. The first kappa shape index (κ1) is 24.7. The zero-order chi connectivity index (χ0) is 25.5. The molecular formula is C27H24F5NO2. The summed E-state index contributed by atoms with van der Waals surface area (Å²) < 4.78 is 75.2. The molecule has 8 heteroatoms. The second kappa shape index (κ2) is 9.32. The number of amides is 1. The third kappa shape index (κ3) is 4.74. The predicted octanol–water partition coefficient (Wildman–Crippen LogP) is 7.75. The van der Waals surface area contributed by atoms with Crippen LogP contribution in [-0.2, 0) is 10.9 Å². The van der Waals surface area contributed by atoms with E-state index in [4.69, 9.17) is 4.74 Å². The molecular weight excluding hydrogens is 465 g/mol. The lowest BCUT2D eigenvalue weighted by Gasteiger charge is -2.38. The maximum absolute atomic E-state index is 14.7. The number of cyclic esters (lactones) is 1. The quantitative estimate of drug-likeness (QED) is 0.317. The van der Waals surface area contributed by atoms with Gasteiger partial charge in [-0.3, -0.25) is 4.90 Å². The number of ether oxygens (including phenoxy) is 1. The van der Waals surface area contributed by atoms with Crippen LogP contribution in [0.5, 0.6) is 0 Å². The molecule has 2 aliphatic heterocycles. The molecule has 4 rings (SSSR count). The minimum absolute atomic E-state index is 0.0932. The van der Waals surface area contributed by atoms with E-state index in [2.05, 4.69) is 13.2 Å². The Hall–Kier alpha value is -3.42. The number of benzene rings is 2. The molecule has 3 atom stereocenters. The van der Waals surface area contributed by atoms with Gasteiger partial charge in [-0.2, -0.15) is 13.2 Å². The first-order valence-corrected chi connectivity index (χ1v) is 11.2. The predicted molar refractivity (Wildman–Crippen MR) is 122 cm³/mol. The van der Waals surface area contributed by atoms with Crippen LogP contribution in [0.4, 0.5) is 26.7 Å². The normalized spacial score (nSPS) is 22.6. The molecule has 2 fully saturated rings. The van der Waals surface area contributed by atoms with Crippen LogP contribution in [-0.4, -0.2) is 23.1 Å². The Morgan fingerprint density at radius 1 is 1.11 bits per heavy atom. The summed E-state index contributed by atoms with van der Waals surface area (Å²) in [6, 6.07) is 4.42. The van der Waals surface area contributed by atoms with Crippen LogP contribution in [0.2, 0.25) is 0 Å². The highest BCUT2D eigenvalue weighted by molar-refractivity contribution is 5.75. The van der Waals surface area contributed by atoms with Crippen molar-refractivity contribution in [3.63, 3.8) is 0 Å². The van der Waals surface area contributed by atoms with Gasteiger partial charge in [0.15, 0.2) is 0 Å². The van der Waals surface area contributed by atoms with Crippen LogP contribution in [0, 0.1) is 11.6 Å². The zero-order valence-electron chi connectivity index (χ0n) is 19.0. The third-order valence-electron chi connectivity index (χ3n) is 6.39. The fraction of sp³-hybridized carbons (Fsp3) is 0.296. The molecule has 0 N–H and O–H groups in total. The third-order valence-corrected chi connectivity index (χ3v) is 6.39. The molecule has 2 heterocycles. The number of carbonyl (C=O) groups is 1. The minimum Gasteiger partial charge on any atom is -0.439 e. The van der Waals surface area contributed by atoms with Crippen LogP contribution in [0.25, 0.3) is 11.1 Å². The van der Waals surface area contributed by atoms with Gasteiger partial charge in [-0.05, 0) is 73.2 Å². The molecule has 0 saturated carbocycles. The fourth-order valence-electron chi connectivity index (χ4n) is 4.94. The largest absolute Gasteiger partial charge is 0.439 e. The van der Waals surface area contributed by atoms with E-state index >= 15 is 0 Å².